The molecule has 0 aromatic heterocycles. The zero-order valence-corrected chi connectivity index (χ0v) is 12.4. The summed E-state index contributed by atoms with van der Waals surface area (Å²) < 4.78 is 10.6. The number of hydrogen-bond donors (Lipinski definition) is 0. The van der Waals surface area contributed by atoms with E-state index in [1.54, 1.807) is 7.11 Å². The molecule has 2 heterocycles. The molecule has 0 radical (unpaired) electrons. The lowest BCUT2D eigenvalue weighted by Gasteiger charge is -2.37. The fourth-order valence-electron chi connectivity index (χ4n) is 3.03. The zero-order chi connectivity index (χ0) is 14.0. The van der Waals surface area contributed by atoms with E-state index in [2.05, 4.69) is 6.08 Å². The van der Waals surface area contributed by atoms with Crippen molar-refractivity contribution in [2.45, 2.75) is 64.1 Å². The Bertz CT molecular complexity index is 354. The van der Waals surface area contributed by atoms with E-state index < -0.39 is 5.60 Å². The van der Waals surface area contributed by atoms with Crippen molar-refractivity contribution in [3.05, 3.63) is 11.6 Å². The monoisotopic (exact) mass is 267 g/mol. The maximum Gasteiger partial charge on any atom is 0.410 e. The second kappa shape index (κ2) is 5.53. The van der Waals surface area contributed by atoms with Crippen molar-refractivity contribution in [1.82, 2.24) is 4.90 Å². The largest absolute Gasteiger partial charge is 0.444 e. The average molecular weight is 267 g/mol. The SMILES string of the molecule is COC/C=C1\CC2CC[C@@H](C1)N2C(=O)OC(C)(C)C. The van der Waals surface area contributed by atoms with Crippen LogP contribution in [-0.2, 0) is 9.47 Å². The lowest BCUT2D eigenvalue weighted by atomic mass is 9.97. The van der Waals surface area contributed by atoms with Crippen LogP contribution in [-0.4, -0.2) is 42.4 Å². The Morgan fingerprint density at radius 1 is 1.32 bits per heavy atom. The summed E-state index contributed by atoms with van der Waals surface area (Å²) in [7, 11) is 1.71. The summed E-state index contributed by atoms with van der Waals surface area (Å²) in [6.45, 7) is 6.42. The molecule has 0 aromatic carbocycles. The van der Waals surface area contributed by atoms with Gasteiger partial charge in [0.2, 0.25) is 0 Å². The molecule has 0 spiro atoms. The van der Waals surface area contributed by atoms with Crippen LogP contribution in [0.15, 0.2) is 11.6 Å². The minimum Gasteiger partial charge on any atom is -0.444 e. The first-order valence-electron chi connectivity index (χ1n) is 7.09. The summed E-state index contributed by atoms with van der Waals surface area (Å²) in [5.74, 6) is 0. The topological polar surface area (TPSA) is 38.8 Å². The summed E-state index contributed by atoms with van der Waals surface area (Å²) in [5.41, 5.74) is 1.01. The molecule has 108 valence electrons. The third-order valence-corrected chi connectivity index (χ3v) is 3.76. The molecule has 0 saturated carbocycles. The second-order valence-electron chi connectivity index (χ2n) is 6.50. The van der Waals surface area contributed by atoms with E-state index in [0.29, 0.717) is 18.7 Å². The quantitative estimate of drug-likeness (QED) is 0.722. The van der Waals surface area contributed by atoms with Crippen molar-refractivity contribution in [2.24, 2.45) is 0 Å². The van der Waals surface area contributed by atoms with Gasteiger partial charge in [0.15, 0.2) is 0 Å². The fraction of sp³-hybridized carbons (Fsp3) is 0.800. The Morgan fingerprint density at radius 2 is 1.89 bits per heavy atom. The van der Waals surface area contributed by atoms with Crippen LogP contribution in [0.3, 0.4) is 0 Å². The number of methoxy groups -OCH3 is 1. The molecule has 2 atom stereocenters. The number of nitrogens with zero attached hydrogens (tertiary/aromatic N) is 1. The summed E-state index contributed by atoms with van der Waals surface area (Å²) in [5, 5.41) is 0. The molecule has 2 bridgehead atoms. The van der Waals surface area contributed by atoms with Gasteiger partial charge in [0.05, 0.1) is 6.61 Å². The average Bonchev–Trinajstić information content (AvgIpc) is 2.56. The van der Waals surface area contributed by atoms with Crippen LogP contribution in [0.25, 0.3) is 0 Å². The molecule has 1 amide bonds. The van der Waals surface area contributed by atoms with Crippen molar-refractivity contribution in [1.29, 1.82) is 0 Å². The number of amides is 1. The first kappa shape index (κ1) is 14.4. The first-order chi connectivity index (χ1) is 8.90. The van der Waals surface area contributed by atoms with Gasteiger partial charge in [0.25, 0.3) is 0 Å². The molecule has 4 nitrogen and oxygen atoms in total. The third-order valence-electron chi connectivity index (χ3n) is 3.76. The first-order valence-corrected chi connectivity index (χ1v) is 7.09. The lowest BCUT2D eigenvalue weighted by Crippen LogP contribution is -2.47. The molecule has 2 saturated heterocycles. The molecule has 0 aliphatic carbocycles. The third kappa shape index (κ3) is 3.50. The van der Waals surface area contributed by atoms with Gasteiger partial charge in [-0.1, -0.05) is 11.6 Å². The van der Waals surface area contributed by atoms with Crippen LogP contribution >= 0.6 is 0 Å². The van der Waals surface area contributed by atoms with E-state index in [9.17, 15) is 4.79 Å². The standard InChI is InChI=1S/C15H25NO3/c1-15(2,3)19-14(17)16-12-5-6-13(16)10-11(9-12)7-8-18-4/h7,12-13H,5-6,8-10H2,1-4H3/b11-7-/t12-,13?/m0/s1. The molecule has 0 N–H and O–H groups in total. The number of carbonyl (C=O) groups is 1. The Labute approximate surface area is 115 Å². The highest BCUT2D eigenvalue weighted by atomic mass is 16.6. The maximum absolute atomic E-state index is 12.3. The zero-order valence-electron chi connectivity index (χ0n) is 12.4. The Balaban J connectivity index is 2.01. The summed E-state index contributed by atoms with van der Waals surface area (Å²) in [6.07, 6.45) is 6.14. The molecule has 2 rings (SSSR count). The number of fused-ring (bicyclic) bond motifs is 2. The fourth-order valence-corrected chi connectivity index (χ4v) is 3.03. The highest BCUT2D eigenvalue weighted by molar-refractivity contribution is 5.70. The van der Waals surface area contributed by atoms with Crippen molar-refractivity contribution < 1.29 is 14.3 Å². The van der Waals surface area contributed by atoms with Gasteiger partial charge in [-0.25, -0.2) is 4.79 Å². The van der Waals surface area contributed by atoms with Gasteiger partial charge in [-0.3, -0.25) is 0 Å². The van der Waals surface area contributed by atoms with E-state index in [1.807, 2.05) is 25.7 Å². The molecule has 2 fully saturated rings. The minimum atomic E-state index is -0.414. The van der Waals surface area contributed by atoms with Gasteiger partial charge in [-0.15, -0.1) is 0 Å². The van der Waals surface area contributed by atoms with E-state index in [4.69, 9.17) is 9.47 Å². The predicted molar refractivity (Wildman–Crippen MR) is 74.1 cm³/mol. The van der Waals surface area contributed by atoms with E-state index in [-0.39, 0.29) is 6.09 Å². The minimum absolute atomic E-state index is 0.147. The Hall–Kier alpha value is -1.03. The van der Waals surface area contributed by atoms with E-state index in [0.717, 1.165) is 25.7 Å². The number of ether oxygens (including phenoxy) is 2. The summed E-state index contributed by atoms with van der Waals surface area (Å²) >= 11 is 0. The number of hydrogen-bond acceptors (Lipinski definition) is 3. The van der Waals surface area contributed by atoms with Crippen molar-refractivity contribution in [2.75, 3.05) is 13.7 Å². The molecule has 0 aromatic rings. The Kier molecular flexibility index (Phi) is 4.19. The molecule has 2 aliphatic heterocycles. The normalized spacial score (nSPS) is 28.8. The van der Waals surface area contributed by atoms with Gasteiger partial charge in [0, 0.05) is 19.2 Å². The van der Waals surface area contributed by atoms with Gasteiger partial charge in [-0.05, 0) is 46.5 Å². The van der Waals surface area contributed by atoms with Crippen LogP contribution in [0.4, 0.5) is 4.79 Å². The molecule has 19 heavy (non-hydrogen) atoms. The molecule has 1 unspecified atom stereocenters. The van der Waals surface area contributed by atoms with E-state index in [1.165, 1.54) is 5.57 Å². The maximum atomic E-state index is 12.3. The predicted octanol–water partition coefficient (Wildman–Crippen LogP) is 3.12. The van der Waals surface area contributed by atoms with Crippen LogP contribution < -0.4 is 0 Å². The molecular formula is C15H25NO3. The smallest absolute Gasteiger partial charge is 0.410 e. The van der Waals surface area contributed by atoms with Gasteiger partial charge < -0.3 is 14.4 Å². The lowest BCUT2D eigenvalue weighted by molar-refractivity contribution is 0.0114. The summed E-state index contributed by atoms with van der Waals surface area (Å²) in [4.78, 5) is 14.2. The Morgan fingerprint density at radius 3 is 2.37 bits per heavy atom. The van der Waals surface area contributed by atoms with Crippen molar-refractivity contribution in [3.63, 3.8) is 0 Å². The molecule has 2 aliphatic rings. The second-order valence-corrected chi connectivity index (χ2v) is 6.50. The van der Waals surface area contributed by atoms with Crippen LogP contribution in [0.2, 0.25) is 0 Å². The number of carbonyl (C=O) groups excluding carboxylic acids is 1. The van der Waals surface area contributed by atoms with Gasteiger partial charge >= 0.3 is 6.09 Å². The van der Waals surface area contributed by atoms with Crippen LogP contribution in [0, 0.1) is 0 Å². The van der Waals surface area contributed by atoms with E-state index >= 15 is 0 Å². The van der Waals surface area contributed by atoms with Crippen molar-refractivity contribution in [3.8, 4) is 0 Å². The number of piperidine rings is 1. The number of rotatable bonds is 2. The highest BCUT2D eigenvalue weighted by Crippen LogP contribution is 2.39. The van der Waals surface area contributed by atoms with Crippen molar-refractivity contribution >= 4 is 6.09 Å². The van der Waals surface area contributed by atoms with Crippen LogP contribution in [0.1, 0.15) is 46.5 Å². The molecular weight excluding hydrogens is 242 g/mol. The van der Waals surface area contributed by atoms with Crippen LogP contribution in [0.5, 0.6) is 0 Å². The summed E-state index contributed by atoms with van der Waals surface area (Å²) in [6, 6.07) is 0.633. The molecule has 4 heteroatoms. The van der Waals surface area contributed by atoms with Gasteiger partial charge in [0.1, 0.15) is 5.60 Å². The van der Waals surface area contributed by atoms with Gasteiger partial charge in [-0.2, -0.15) is 0 Å². The highest BCUT2D eigenvalue weighted by Gasteiger charge is 2.42.